The summed E-state index contributed by atoms with van der Waals surface area (Å²) in [5.74, 6) is -1.43. The fraction of sp³-hybridized carbons (Fsp3) is 0.725. The number of amides is 3. The number of benzene rings is 1. The summed E-state index contributed by atoms with van der Waals surface area (Å²) < 4.78 is 12.0. The number of nitrogens with zero attached hydrogens (tertiary/aromatic N) is 3. The highest BCUT2D eigenvalue weighted by molar-refractivity contribution is 5.90. The lowest BCUT2D eigenvalue weighted by molar-refractivity contribution is -0.143. The zero-order chi connectivity index (χ0) is 39.4. The van der Waals surface area contributed by atoms with Crippen molar-refractivity contribution < 1.29 is 34.1 Å². The first-order chi connectivity index (χ1) is 24.4. The van der Waals surface area contributed by atoms with Crippen molar-refractivity contribution in [3.63, 3.8) is 0 Å². The fourth-order valence-corrected chi connectivity index (χ4v) is 7.69. The molecule has 296 valence electrons. The van der Waals surface area contributed by atoms with Crippen LogP contribution >= 0.6 is 0 Å². The van der Waals surface area contributed by atoms with Crippen LogP contribution in [0.3, 0.4) is 0 Å². The minimum atomic E-state index is -0.965. The Balaban J connectivity index is 2.25. The molecule has 2 rings (SSSR count). The standard InChI is InChI=1S/C40H69N5O7/c1-14-26(6)35(44(11)40(50)33(24(2)3)42-39(49)34(25(4)5)43(9)10)31(51-12)23-32(46)45-22-18-21-30(45)37(52-13)27(7)38(48)41-28(8)36(47)29-19-16-15-17-20-29/h15-17,19-20,24-25,27-28,30-37,46-47H,6,14,18,21-23H2,1-5,7-13H3,(H,41,48)(H,42,49)/t27?,28?,30?,31?,32?,33-,34?,35?,36+,37?/m0/s1. The number of carbonyl (C=O) groups excluding carboxylic acids is 3. The molecule has 1 aromatic carbocycles. The van der Waals surface area contributed by atoms with Crippen molar-refractivity contribution in [3.8, 4) is 0 Å². The normalized spacial score (nSPS) is 20.4. The lowest BCUT2D eigenvalue weighted by Gasteiger charge is -2.41. The molecular weight excluding hydrogens is 662 g/mol. The quantitative estimate of drug-likeness (QED) is 0.140. The van der Waals surface area contributed by atoms with Crippen LogP contribution in [0.1, 0.15) is 85.8 Å². The third kappa shape index (κ3) is 11.6. The first kappa shape index (κ1) is 45.3. The van der Waals surface area contributed by atoms with Gasteiger partial charge in [-0.2, -0.15) is 0 Å². The summed E-state index contributed by atoms with van der Waals surface area (Å²) in [5, 5.41) is 28.6. The smallest absolute Gasteiger partial charge is 0.245 e. The summed E-state index contributed by atoms with van der Waals surface area (Å²) in [6.07, 6.45) is -0.711. The summed E-state index contributed by atoms with van der Waals surface area (Å²) in [5.41, 5.74) is 1.48. The van der Waals surface area contributed by atoms with E-state index in [9.17, 15) is 24.6 Å². The number of aliphatic hydroxyl groups is 2. The number of methoxy groups -OCH3 is 2. The molecule has 0 aromatic heterocycles. The number of aliphatic hydroxyl groups excluding tert-OH is 2. The molecule has 1 fully saturated rings. The maximum atomic E-state index is 14.2. The van der Waals surface area contributed by atoms with Crippen LogP contribution < -0.4 is 10.6 Å². The summed E-state index contributed by atoms with van der Waals surface area (Å²) in [6.45, 7) is 18.2. The van der Waals surface area contributed by atoms with Crippen molar-refractivity contribution in [3.05, 3.63) is 48.0 Å². The van der Waals surface area contributed by atoms with Gasteiger partial charge in [0.05, 0.1) is 42.4 Å². The molecule has 8 unspecified atom stereocenters. The van der Waals surface area contributed by atoms with Gasteiger partial charge in [0.1, 0.15) is 12.3 Å². The first-order valence-electron chi connectivity index (χ1n) is 18.9. The lowest BCUT2D eigenvalue weighted by Crippen LogP contribution is -2.59. The number of hydrogen-bond acceptors (Lipinski definition) is 9. The molecule has 3 amide bonds. The molecular formula is C40H69N5O7. The molecule has 0 aliphatic carbocycles. The number of ether oxygens (including phenoxy) is 2. The van der Waals surface area contributed by atoms with Crippen LogP contribution in [0.5, 0.6) is 0 Å². The van der Waals surface area contributed by atoms with E-state index in [0.29, 0.717) is 18.5 Å². The fourth-order valence-electron chi connectivity index (χ4n) is 7.69. The second-order valence-electron chi connectivity index (χ2n) is 15.4. The summed E-state index contributed by atoms with van der Waals surface area (Å²) in [7, 11) is 8.55. The minimum absolute atomic E-state index is 0.0446. The van der Waals surface area contributed by atoms with Crippen molar-refractivity contribution in [2.24, 2.45) is 17.8 Å². The van der Waals surface area contributed by atoms with Crippen molar-refractivity contribution in [1.82, 2.24) is 25.3 Å². The number of likely N-dealkylation sites (N-methyl/N-ethyl adjacent to an activating group) is 2. The Labute approximate surface area is 313 Å². The molecule has 0 saturated carbocycles. The molecule has 52 heavy (non-hydrogen) atoms. The highest BCUT2D eigenvalue weighted by Crippen LogP contribution is 2.31. The van der Waals surface area contributed by atoms with E-state index >= 15 is 0 Å². The third-order valence-electron chi connectivity index (χ3n) is 10.7. The van der Waals surface area contributed by atoms with Gasteiger partial charge in [-0.05, 0) is 57.7 Å². The Kier molecular flexibility index (Phi) is 18.4. The zero-order valence-electron chi connectivity index (χ0n) is 33.8. The Bertz CT molecular complexity index is 1270. The van der Waals surface area contributed by atoms with E-state index in [1.807, 2.05) is 88.8 Å². The Hall–Kier alpha value is -2.87. The number of rotatable bonds is 21. The predicted molar refractivity (Wildman–Crippen MR) is 205 cm³/mol. The average molecular weight is 732 g/mol. The number of nitrogens with one attached hydrogen (secondary N) is 2. The number of carbonyl (C=O) groups is 3. The highest BCUT2D eigenvalue weighted by atomic mass is 16.5. The SMILES string of the molecule is C=C(CC)C(C(CC(O)N1CCCC1C(OC)C(C)C(=O)NC(C)[C@@H](O)c1ccccc1)OC)N(C)C(=O)[C@@H](NC(=O)C(C(C)C)N(C)C)C(C)C. The minimum Gasteiger partial charge on any atom is -0.386 e. The third-order valence-corrected chi connectivity index (χ3v) is 10.7. The van der Waals surface area contributed by atoms with E-state index in [1.54, 1.807) is 40.0 Å². The van der Waals surface area contributed by atoms with Crippen molar-refractivity contribution in [1.29, 1.82) is 0 Å². The van der Waals surface area contributed by atoms with Gasteiger partial charge in [-0.3, -0.25) is 24.2 Å². The van der Waals surface area contributed by atoms with Crippen molar-refractivity contribution in [2.45, 2.75) is 129 Å². The van der Waals surface area contributed by atoms with Gasteiger partial charge in [-0.1, -0.05) is 84.0 Å². The molecule has 4 N–H and O–H groups in total. The molecule has 1 saturated heterocycles. The predicted octanol–water partition coefficient (Wildman–Crippen LogP) is 3.58. The molecule has 0 radical (unpaired) electrons. The topological polar surface area (TPSA) is 144 Å². The van der Waals surface area contributed by atoms with E-state index in [2.05, 4.69) is 17.2 Å². The van der Waals surface area contributed by atoms with Crippen LogP contribution in [0, 0.1) is 17.8 Å². The molecule has 1 aromatic rings. The van der Waals surface area contributed by atoms with E-state index in [0.717, 1.165) is 18.4 Å². The molecule has 1 aliphatic heterocycles. The summed E-state index contributed by atoms with van der Waals surface area (Å²) in [4.78, 5) is 46.5. The Morgan fingerprint density at radius 1 is 0.923 bits per heavy atom. The molecule has 1 aliphatic rings. The molecule has 0 spiro atoms. The van der Waals surface area contributed by atoms with Gasteiger partial charge in [0.25, 0.3) is 0 Å². The van der Waals surface area contributed by atoms with E-state index < -0.39 is 54.6 Å². The largest absolute Gasteiger partial charge is 0.386 e. The lowest BCUT2D eigenvalue weighted by atomic mass is 9.92. The van der Waals surface area contributed by atoms with Gasteiger partial charge in [0, 0.05) is 40.3 Å². The van der Waals surface area contributed by atoms with Gasteiger partial charge in [0.2, 0.25) is 17.7 Å². The number of likely N-dealkylation sites (tertiary alicyclic amines) is 1. The van der Waals surface area contributed by atoms with Crippen molar-refractivity contribution in [2.75, 3.05) is 41.9 Å². The van der Waals surface area contributed by atoms with Gasteiger partial charge >= 0.3 is 0 Å². The van der Waals surface area contributed by atoms with E-state index in [1.165, 1.54) is 0 Å². The first-order valence-corrected chi connectivity index (χ1v) is 18.9. The Morgan fingerprint density at radius 3 is 2.04 bits per heavy atom. The maximum absolute atomic E-state index is 14.2. The summed E-state index contributed by atoms with van der Waals surface area (Å²) >= 11 is 0. The van der Waals surface area contributed by atoms with Gasteiger partial charge in [0.15, 0.2) is 0 Å². The molecule has 0 bridgehead atoms. The van der Waals surface area contributed by atoms with Crippen LogP contribution in [0.15, 0.2) is 42.5 Å². The van der Waals surface area contributed by atoms with Gasteiger partial charge in [-0.25, -0.2) is 0 Å². The zero-order valence-corrected chi connectivity index (χ0v) is 33.8. The summed E-state index contributed by atoms with van der Waals surface area (Å²) in [6, 6.07) is 6.67. The molecule has 12 nitrogen and oxygen atoms in total. The van der Waals surface area contributed by atoms with Crippen LogP contribution in [-0.2, 0) is 23.9 Å². The van der Waals surface area contributed by atoms with Crippen LogP contribution in [0.25, 0.3) is 0 Å². The average Bonchev–Trinajstić information content (AvgIpc) is 3.59. The molecule has 12 heteroatoms. The Morgan fingerprint density at radius 2 is 1.54 bits per heavy atom. The number of hydrogen-bond donors (Lipinski definition) is 4. The monoisotopic (exact) mass is 732 g/mol. The van der Waals surface area contributed by atoms with Crippen molar-refractivity contribution >= 4 is 17.7 Å². The second kappa shape index (κ2) is 21.1. The van der Waals surface area contributed by atoms with E-state index in [-0.39, 0.29) is 42.0 Å². The maximum Gasteiger partial charge on any atom is 0.245 e. The highest BCUT2D eigenvalue weighted by Gasteiger charge is 2.43. The molecule has 1 heterocycles. The molecule has 10 atom stereocenters. The second-order valence-corrected chi connectivity index (χ2v) is 15.4. The van der Waals surface area contributed by atoms with Crippen LogP contribution in [0.4, 0.5) is 0 Å². The van der Waals surface area contributed by atoms with Crippen LogP contribution in [0.2, 0.25) is 0 Å². The van der Waals surface area contributed by atoms with Gasteiger partial charge < -0.3 is 35.2 Å². The van der Waals surface area contributed by atoms with Crippen LogP contribution in [-0.4, -0.2) is 133 Å². The van der Waals surface area contributed by atoms with E-state index in [4.69, 9.17) is 9.47 Å². The van der Waals surface area contributed by atoms with Gasteiger partial charge in [-0.15, -0.1) is 0 Å².